The number of ketones is 2. The molecule has 244 valence electrons. The lowest BCUT2D eigenvalue weighted by molar-refractivity contribution is -0.201. The maximum Gasteiger partial charge on any atom is 0.239 e. The quantitative estimate of drug-likeness (QED) is 0.253. The van der Waals surface area contributed by atoms with E-state index in [4.69, 9.17) is 14.2 Å². The second-order valence-electron chi connectivity index (χ2n) is 14.1. The molecule has 3 N–H and O–H groups in total. The third-order valence-corrected chi connectivity index (χ3v) is 11.8. The number of carbonyl (C=O) groups excluding carboxylic acids is 3. The predicted molar refractivity (Wildman–Crippen MR) is 168 cm³/mol. The molecule has 10 atom stereocenters. The van der Waals surface area contributed by atoms with Crippen LogP contribution in [0.4, 0.5) is 0 Å². The third kappa shape index (κ3) is 5.34. The summed E-state index contributed by atoms with van der Waals surface area (Å²) < 4.78 is 19.0. The molecular weight excluding hydrogens is 572 g/mol. The lowest BCUT2D eigenvalue weighted by atomic mass is 9.46. The SMILES string of the molecule is CCCC1O[C@@H]2C[C@H]3[C@@H]4CCC5=CC(=O)C=C[C@]5(C)[C@H]4[C@@H](O)C[C@]3(C)[C@]2(C(=O)COCNC(=O)[C@H](Cc2ccccc2)NC)O1. The van der Waals surface area contributed by atoms with Crippen molar-refractivity contribution in [2.75, 3.05) is 20.4 Å². The van der Waals surface area contributed by atoms with Crippen molar-refractivity contribution < 1.29 is 33.7 Å². The van der Waals surface area contributed by atoms with Gasteiger partial charge in [0.05, 0.1) is 18.2 Å². The van der Waals surface area contributed by atoms with Gasteiger partial charge in [0.1, 0.15) is 13.3 Å². The van der Waals surface area contributed by atoms with Gasteiger partial charge in [0.2, 0.25) is 5.91 Å². The minimum absolute atomic E-state index is 0.00800. The summed E-state index contributed by atoms with van der Waals surface area (Å²) in [4.78, 5) is 39.4. The Kier molecular flexibility index (Phi) is 8.95. The van der Waals surface area contributed by atoms with Crippen LogP contribution in [-0.2, 0) is 35.0 Å². The highest BCUT2D eigenvalue weighted by molar-refractivity contribution is 6.01. The Morgan fingerprint density at radius 3 is 2.71 bits per heavy atom. The number of hydrogen-bond donors (Lipinski definition) is 3. The molecule has 1 aromatic rings. The number of Topliss-reactive ketones (excluding diaryl/α,β-unsaturated/α-hetero) is 1. The lowest BCUT2D eigenvalue weighted by Gasteiger charge is -2.59. The van der Waals surface area contributed by atoms with Crippen molar-refractivity contribution in [1.29, 1.82) is 0 Å². The number of aliphatic hydroxyl groups excluding tert-OH is 1. The Labute approximate surface area is 266 Å². The molecule has 1 aromatic carbocycles. The average molecular weight is 621 g/mol. The van der Waals surface area contributed by atoms with Gasteiger partial charge < -0.3 is 30.0 Å². The van der Waals surface area contributed by atoms with E-state index in [1.54, 1.807) is 19.2 Å². The predicted octanol–water partition coefficient (Wildman–Crippen LogP) is 3.65. The summed E-state index contributed by atoms with van der Waals surface area (Å²) >= 11 is 0. The highest BCUT2D eigenvalue weighted by atomic mass is 16.7. The van der Waals surface area contributed by atoms with Crippen molar-refractivity contribution in [3.05, 3.63) is 59.7 Å². The van der Waals surface area contributed by atoms with Gasteiger partial charge in [0.15, 0.2) is 23.5 Å². The van der Waals surface area contributed by atoms with Crippen LogP contribution in [0.1, 0.15) is 64.9 Å². The maximum absolute atomic E-state index is 14.3. The van der Waals surface area contributed by atoms with E-state index in [2.05, 4.69) is 31.4 Å². The Morgan fingerprint density at radius 1 is 1.20 bits per heavy atom. The van der Waals surface area contributed by atoms with E-state index < -0.39 is 41.0 Å². The number of hydrogen-bond acceptors (Lipinski definition) is 8. The van der Waals surface area contributed by atoms with Gasteiger partial charge >= 0.3 is 0 Å². The number of nitrogens with one attached hydrogen (secondary N) is 2. The molecule has 5 aliphatic rings. The van der Waals surface area contributed by atoms with Crippen molar-refractivity contribution in [3.8, 4) is 0 Å². The Balaban J connectivity index is 1.18. The molecule has 6 rings (SSSR count). The summed E-state index contributed by atoms with van der Waals surface area (Å²) in [6, 6.07) is 9.35. The van der Waals surface area contributed by atoms with Gasteiger partial charge in [-0.15, -0.1) is 0 Å². The number of rotatable bonds is 11. The number of likely N-dealkylation sites (N-methyl/N-ethyl adjacent to an activating group) is 1. The normalized spacial score (nSPS) is 38.9. The Morgan fingerprint density at radius 2 is 1.98 bits per heavy atom. The van der Waals surface area contributed by atoms with Crippen LogP contribution in [-0.4, -0.2) is 73.1 Å². The standard InChI is InChI=1S/C36H48N2O7/c1-5-9-31-44-30-18-26-25-13-12-23-17-24(39)14-15-34(23,2)32(25)28(40)19-35(26,3)36(30,45-31)29(41)20-43-21-38-33(42)27(37-4)16-22-10-7-6-8-11-22/h6-8,10-11,14-15,17,25-28,30-32,37,40H,5,9,12-13,16,18-21H2,1-4H3,(H,38,42)/t25-,26-,27-,28-,30+,31?,32+,34-,35-,36+/m0/s1. The Bertz CT molecular complexity index is 1360. The topological polar surface area (TPSA) is 123 Å². The van der Waals surface area contributed by atoms with Gasteiger partial charge in [0, 0.05) is 16.7 Å². The number of fused-ring (bicyclic) bond motifs is 7. The summed E-state index contributed by atoms with van der Waals surface area (Å²) in [7, 11) is 1.75. The third-order valence-electron chi connectivity index (χ3n) is 11.8. The van der Waals surface area contributed by atoms with Gasteiger partial charge in [-0.2, -0.15) is 0 Å². The number of carbonyl (C=O) groups is 3. The molecule has 4 aliphatic carbocycles. The van der Waals surface area contributed by atoms with Crippen LogP contribution in [0.2, 0.25) is 0 Å². The zero-order chi connectivity index (χ0) is 32.0. The average Bonchev–Trinajstić information content (AvgIpc) is 3.50. The number of amides is 1. The van der Waals surface area contributed by atoms with Crippen LogP contribution < -0.4 is 10.6 Å². The van der Waals surface area contributed by atoms with Crippen molar-refractivity contribution >= 4 is 17.5 Å². The second kappa shape index (κ2) is 12.5. The molecule has 1 heterocycles. The fourth-order valence-electron chi connectivity index (χ4n) is 9.68. The van der Waals surface area contributed by atoms with Gasteiger partial charge in [-0.25, -0.2) is 0 Å². The molecule has 1 amide bonds. The molecule has 45 heavy (non-hydrogen) atoms. The molecule has 0 radical (unpaired) electrons. The van der Waals surface area contributed by atoms with Gasteiger partial charge in [-0.05, 0) is 75.1 Å². The lowest BCUT2D eigenvalue weighted by Crippen LogP contribution is -2.63. The molecule has 0 bridgehead atoms. The monoisotopic (exact) mass is 620 g/mol. The van der Waals surface area contributed by atoms with Gasteiger partial charge in [-0.1, -0.05) is 69.2 Å². The molecule has 1 unspecified atom stereocenters. The number of ether oxygens (including phenoxy) is 3. The fraction of sp³-hybridized carbons (Fsp3) is 0.639. The number of allylic oxidation sites excluding steroid dienone is 4. The van der Waals surface area contributed by atoms with Crippen molar-refractivity contribution in [2.24, 2.45) is 28.6 Å². The van der Waals surface area contributed by atoms with Crippen LogP contribution in [0.15, 0.2) is 54.1 Å². The van der Waals surface area contributed by atoms with Crippen molar-refractivity contribution in [3.63, 3.8) is 0 Å². The minimum Gasteiger partial charge on any atom is -0.393 e. The summed E-state index contributed by atoms with van der Waals surface area (Å²) in [5.74, 6) is -0.208. The van der Waals surface area contributed by atoms with Gasteiger partial charge in [-0.3, -0.25) is 14.4 Å². The number of benzene rings is 1. The van der Waals surface area contributed by atoms with E-state index in [0.717, 1.165) is 30.4 Å². The molecule has 1 saturated heterocycles. The first-order chi connectivity index (χ1) is 21.6. The summed E-state index contributed by atoms with van der Waals surface area (Å²) in [5.41, 5.74) is -0.168. The number of aliphatic hydroxyl groups is 1. The molecule has 1 aliphatic heterocycles. The zero-order valence-corrected chi connectivity index (χ0v) is 26.9. The van der Waals surface area contributed by atoms with Crippen LogP contribution >= 0.6 is 0 Å². The fourth-order valence-corrected chi connectivity index (χ4v) is 9.68. The molecule has 0 spiro atoms. The first-order valence-corrected chi connectivity index (χ1v) is 16.6. The smallest absolute Gasteiger partial charge is 0.239 e. The molecular formula is C36H48N2O7. The molecule has 9 nitrogen and oxygen atoms in total. The van der Waals surface area contributed by atoms with Crippen molar-refractivity contribution in [2.45, 2.75) is 95.9 Å². The van der Waals surface area contributed by atoms with Crippen LogP contribution in [0.3, 0.4) is 0 Å². The second-order valence-corrected chi connectivity index (χ2v) is 14.1. The van der Waals surface area contributed by atoms with E-state index in [9.17, 15) is 19.5 Å². The minimum atomic E-state index is -1.25. The highest BCUT2D eigenvalue weighted by Gasteiger charge is 2.75. The van der Waals surface area contributed by atoms with Crippen LogP contribution in [0, 0.1) is 28.6 Å². The highest BCUT2D eigenvalue weighted by Crippen LogP contribution is 2.69. The first kappa shape index (κ1) is 32.3. The zero-order valence-electron chi connectivity index (χ0n) is 26.9. The molecule has 9 heteroatoms. The van der Waals surface area contributed by atoms with E-state index in [-0.39, 0.29) is 48.6 Å². The first-order valence-electron chi connectivity index (χ1n) is 16.6. The molecule has 3 saturated carbocycles. The van der Waals surface area contributed by atoms with E-state index in [1.165, 1.54) is 0 Å². The summed E-state index contributed by atoms with van der Waals surface area (Å²) in [5, 5.41) is 17.8. The Hall–Kier alpha value is -2.69. The van der Waals surface area contributed by atoms with Crippen molar-refractivity contribution in [1.82, 2.24) is 10.6 Å². The van der Waals surface area contributed by atoms with Crippen LogP contribution in [0.5, 0.6) is 0 Å². The molecule has 4 fully saturated rings. The largest absolute Gasteiger partial charge is 0.393 e. The van der Waals surface area contributed by atoms with E-state index in [0.29, 0.717) is 25.7 Å². The summed E-state index contributed by atoms with van der Waals surface area (Å²) in [6.45, 7) is 5.97. The van der Waals surface area contributed by atoms with E-state index >= 15 is 0 Å². The maximum atomic E-state index is 14.3. The van der Waals surface area contributed by atoms with E-state index in [1.807, 2.05) is 36.4 Å². The summed E-state index contributed by atoms with van der Waals surface area (Å²) in [6.07, 6.45) is 8.55. The van der Waals surface area contributed by atoms with Gasteiger partial charge in [0.25, 0.3) is 0 Å². The van der Waals surface area contributed by atoms with Crippen LogP contribution in [0.25, 0.3) is 0 Å². The molecule has 0 aromatic heterocycles.